The first-order valence-corrected chi connectivity index (χ1v) is 6.84. The molecule has 4 nitrogen and oxygen atoms in total. The Labute approximate surface area is 115 Å². The van der Waals surface area contributed by atoms with Crippen molar-refractivity contribution in [2.45, 2.75) is 33.8 Å². The van der Waals surface area contributed by atoms with Gasteiger partial charge in [-0.05, 0) is 38.5 Å². The number of hydrogen-bond donors (Lipinski definition) is 1. The molecule has 0 bridgehead atoms. The van der Waals surface area contributed by atoms with Crippen molar-refractivity contribution in [2.24, 2.45) is 0 Å². The van der Waals surface area contributed by atoms with Gasteiger partial charge in [0.25, 0.3) is 5.91 Å². The molecule has 1 amide bonds. The van der Waals surface area contributed by atoms with E-state index in [2.05, 4.69) is 5.32 Å². The van der Waals surface area contributed by atoms with Crippen molar-refractivity contribution in [1.29, 1.82) is 0 Å². The molecule has 1 rings (SSSR count). The van der Waals surface area contributed by atoms with Gasteiger partial charge in [-0.15, -0.1) is 0 Å². The summed E-state index contributed by atoms with van der Waals surface area (Å²) in [5.41, 5.74) is 1.56. The van der Waals surface area contributed by atoms with Crippen molar-refractivity contribution in [2.75, 3.05) is 19.8 Å². The number of benzene rings is 1. The van der Waals surface area contributed by atoms with Gasteiger partial charge in [0.2, 0.25) is 0 Å². The third kappa shape index (κ3) is 4.91. The topological polar surface area (TPSA) is 47.6 Å². The number of hydrogen-bond acceptors (Lipinski definition) is 3. The van der Waals surface area contributed by atoms with Crippen LogP contribution in [0.5, 0.6) is 5.75 Å². The first kappa shape index (κ1) is 15.5. The Morgan fingerprint density at radius 2 is 2.00 bits per heavy atom. The van der Waals surface area contributed by atoms with E-state index in [9.17, 15) is 4.79 Å². The first-order chi connectivity index (χ1) is 9.22. The van der Waals surface area contributed by atoms with Crippen molar-refractivity contribution in [3.05, 3.63) is 29.3 Å². The molecule has 0 heterocycles. The lowest BCUT2D eigenvalue weighted by atomic mass is 10.1. The number of rotatable bonds is 8. The quantitative estimate of drug-likeness (QED) is 0.786. The van der Waals surface area contributed by atoms with Crippen LogP contribution >= 0.6 is 0 Å². The minimum absolute atomic E-state index is 0.0531. The summed E-state index contributed by atoms with van der Waals surface area (Å²) in [6.45, 7) is 8.29. The van der Waals surface area contributed by atoms with Gasteiger partial charge in [-0.25, -0.2) is 0 Å². The van der Waals surface area contributed by atoms with Crippen LogP contribution in [0.3, 0.4) is 0 Å². The van der Waals surface area contributed by atoms with Crippen molar-refractivity contribution in [1.82, 2.24) is 5.32 Å². The van der Waals surface area contributed by atoms with Gasteiger partial charge in [0, 0.05) is 24.3 Å². The first-order valence-electron chi connectivity index (χ1n) is 6.84. The monoisotopic (exact) mass is 265 g/mol. The number of carbonyl (C=O) groups is 1. The predicted molar refractivity (Wildman–Crippen MR) is 75.6 cm³/mol. The summed E-state index contributed by atoms with van der Waals surface area (Å²) in [7, 11) is 0. The molecule has 19 heavy (non-hydrogen) atoms. The van der Waals surface area contributed by atoms with Crippen molar-refractivity contribution in [3.63, 3.8) is 0 Å². The molecule has 1 aromatic carbocycles. The summed E-state index contributed by atoms with van der Waals surface area (Å²) in [4.78, 5) is 11.9. The van der Waals surface area contributed by atoms with E-state index in [1.54, 1.807) is 6.07 Å². The van der Waals surface area contributed by atoms with Crippen LogP contribution in [0.2, 0.25) is 0 Å². The lowest BCUT2D eigenvalue weighted by Crippen LogP contribution is -2.24. The number of amides is 1. The lowest BCUT2D eigenvalue weighted by Gasteiger charge is -2.12. The summed E-state index contributed by atoms with van der Waals surface area (Å²) < 4.78 is 10.9. The molecule has 4 heteroatoms. The van der Waals surface area contributed by atoms with Crippen LogP contribution in [0.15, 0.2) is 18.2 Å². The molecule has 0 saturated heterocycles. The molecule has 0 aliphatic heterocycles. The highest BCUT2D eigenvalue weighted by atomic mass is 16.5. The molecule has 0 aromatic heterocycles. The van der Waals surface area contributed by atoms with Crippen LogP contribution in [-0.4, -0.2) is 25.7 Å². The molecule has 0 fully saturated rings. The number of carbonyl (C=O) groups excluding carboxylic acids is 1. The Kier molecular flexibility index (Phi) is 6.97. The minimum atomic E-state index is -0.0531. The molecule has 0 aliphatic rings. The summed E-state index contributed by atoms with van der Waals surface area (Å²) in [6, 6.07) is 5.45. The molecule has 1 aromatic rings. The van der Waals surface area contributed by atoms with E-state index < -0.39 is 0 Å². The molecular weight excluding hydrogens is 242 g/mol. The van der Waals surface area contributed by atoms with Gasteiger partial charge in [0.15, 0.2) is 0 Å². The second-order valence-electron chi connectivity index (χ2n) is 4.15. The summed E-state index contributed by atoms with van der Waals surface area (Å²) in [6.07, 6.45) is 0.925. The fraction of sp³-hybridized carbons (Fsp3) is 0.533. The smallest absolute Gasteiger partial charge is 0.251 e. The zero-order chi connectivity index (χ0) is 14.1. The van der Waals surface area contributed by atoms with Gasteiger partial charge in [0.05, 0.1) is 13.2 Å². The molecular formula is C15H23NO3. The minimum Gasteiger partial charge on any atom is -0.494 e. The molecule has 0 unspecified atom stereocenters. The Bertz CT molecular complexity index is 404. The Morgan fingerprint density at radius 3 is 2.63 bits per heavy atom. The molecule has 106 valence electrons. The highest BCUT2D eigenvalue weighted by molar-refractivity contribution is 5.94. The van der Waals surface area contributed by atoms with E-state index in [4.69, 9.17) is 9.47 Å². The van der Waals surface area contributed by atoms with E-state index in [1.165, 1.54) is 0 Å². The lowest BCUT2D eigenvalue weighted by molar-refractivity contribution is 0.0953. The van der Waals surface area contributed by atoms with Crippen LogP contribution in [-0.2, 0) is 11.3 Å². The van der Waals surface area contributed by atoms with Crippen LogP contribution in [0.25, 0.3) is 0 Å². The highest BCUT2D eigenvalue weighted by Gasteiger charge is 2.10. The molecule has 0 saturated carbocycles. The predicted octanol–water partition coefficient (Wildman–Crippen LogP) is 2.76. The van der Waals surface area contributed by atoms with Gasteiger partial charge in [-0.2, -0.15) is 0 Å². The maximum absolute atomic E-state index is 11.9. The van der Waals surface area contributed by atoms with Crippen LogP contribution in [0.4, 0.5) is 0 Å². The standard InChI is InChI=1S/C15H23NO3/c1-4-9-16-15(17)12-7-8-14(19-6-3)13(10-12)11-18-5-2/h7-8,10H,4-6,9,11H2,1-3H3,(H,16,17). The average Bonchev–Trinajstić information content (AvgIpc) is 2.43. The Balaban J connectivity index is 2.86. The van der Waals surface area contributed by atoms with Crippen LogP contribution in [0, 0.1) is 0 Å². The van der Waals surface area contributed by atoms with Gasteiger partial charge >= 0.3 is 0 Å². The zero-order valence-corrected chi connectivity index (χ0v) is 12.0. The average molecular weight is 265 g/mol. The van der Waals surface area contributed by atoms with E-state index in [-0.39, 0.29) is 5.91 Å². The van der Waals surface area contributed by atoms with Gasteiger partial charge in [-0.3, -0.25) is 4.79 Å². The number of nitrogens with one attached hydrogen (secondary N) is 1. The van der Waals surface area contributed by atoms with Crippen LogP contribution in [0.1, 0.15) is 43.1 Å². The van der Waals surface area contributed by atoms with Crippen molar-refractivity contribution in [3.8, 4) is 5.75 Å². The third-order valence-corrected chi connectivity index (χ3v) is 2.62. The normalized spacial score (nSPS) is 10.3. The Morgan fingerprint density at radius 1 is 1.21 bits per heavy atom. The maximum atomic E-state index is 11.9. The van der Waals surface area contributed by atoms with E-state index in [0.717, 1.165) is 17.7 Å². The SMILES string of the molecule is CCCNC(=O)c1ccc(OCC)c(COCC)c1. The van der Waals surface area contributed by atoms with Crippen LogP contribution < -0.4 is 10.1 Å². The highest BCUT2D eigenvalue weighted by Crippen LogP contribution is 2.21. The Hall–Kier alpha value is -1.55. The molecule has 1 N–H and O–H groups in total. The largest absolute Gasteiger partial charge is 0.494 e. The van der Waals surface area contributed by atoms with Gasteiger partial charge < -0.3 is 14.8 Å². The third-order valence-electron chi connectivity index (χ3n) is 2.62. The zero-order valence-electron chi connectivity index (χ0n) is 12.0. The molecule has 0 aliphatic carbocycles. The van der Waals surface area contributed by atoms with E-state index >= 15 is 0 Å². The van der Waals surface area contributed by atoms with E-state index in [1.807, 2.05) is 32.9 Å². The fourth-order valence-corrected chi connectivity index (χ4v) is 1.68. The van der Waals surface area contributed by atoms with Gasteiger partial charge in [-0.1, -0.05) is 6.92 Å². The summed E-state index contributed by atoms with van der Waals surface area (Å²) >= 11 is 0. The van der Waals surface area contributed by atoms with Crippen molar-refractivity contribution >= 4 is 5.91 Å². The second kappa shape index (κ2) is 8.53. The van der Waals surface area contributed by atoms with Gasteiger partial charge in [0.1, 0.15) is 5.75 Å². The second-order valence-corrected chi connectivity index (χ2v) is 4.15. The summed E-state index contributed by atoms with van der Waals surface area (Å²) in [5, 5.41) is 2.86. The molecule has 0 radical (unpaired) electrons. The summed E-state index contributed by atoms with van der Waals surface area (Å²) in [5.74, 6) is 0.727. The fourth-order valence-electron chi connectivity index (χ4n) is 1.68. The number of ether oxygens (including phenoxy) is 2. The van der Waals surface area contributed by atoms with Crippen molar-refractivity contribution < 1.29 is 14.3 Å². The van der Waals surface area contributed by atoms with E-state index in [0.29, 0.717) is 31.9 Å². The molecule has 0 atom stereocenters. The maximum Gasteiger partial charge on any atom is 0.251 e. The molecule has 0 spiro atoms.